The zero-order valence-corrected chi connectivity index (χ0v) is 10.3. The van der Waals surface area contributed by atoms with Crippen molar-refractivity contribution in [2.24, 2.45) is 0 Å². The molecule has 0 atom stereocenters. The smallest absolute Gasteiger partial charge is 0.264 e. The van der Waals surface area contributed by atoms with Gasteiger partial charge >= 0.3 is 0 Å². The molecule has 0 amide bonds. The molecule has 0 fully saturated rings. The molecule has 1 rings (SSSR count). The number of hydrogen-bond acceptors (Lipinski definition) is 2. The lowest BCUT2D eigenvalue weighted by molar-refractivity contribution is -0.697. The van der Waals surface area contributed by atoms with E-state index in [0.29, 0.717) is 6.42 Å². The monoisotopic (exact) mass is 244 g/mol. The maximum atomic E-state index is 10.5. The number of aryl methyl sites for hydroxylation is 2. The van der Waals surface area contributed by atoms with Crippen molar-refractivity contribution in [2.75, 3.05) is 5.75 Å². The minimum Gasteiger partial charge on any atom is -0.286 e. The summed E-state index contributed by atoms with van der Waals surface area (Å²) in [6, 6.07) is 4.12. The van der Waals surface area contributed by atoms with Crippen LogP contribution in [0.2, 0.25) is 0 Å². The predicted molar refractivity (Wildman–Crippen MR) is 61.7 cm³/mol. The maximum Gasteiger partial charge on any atom is 0.264 e. The summed E-state index contributed by atoms with van der Waals surface area (Å²) in [6.07, 6.45) is 6.24. The standard InChI is InChI=1S/C11H17NO3S/c1-2-11-5-8-12(9-6-11)7-3-4-10-16(13,14)15/h5-6,8-9H,2-4,7,10H2,1H3/p+1. The van der Waals surface area contributed by atoms with Gasteiger partial charge in [0.15, 0.2) is 12.4 Å². The Morgan fingerprint density at radius 3 is 2.38 bits per heavy atom. The van der Waals surface area contributed by atoms with Gasteiger partial charge in [0, 0.05) is 18.6 Å². The normalized spacial score (nSPS) is 11.6. The maximum absolute atomic E-state index is 10.5. The first kappa shape index (κ1) is 13.1. The van der Waals surface area contributed by atoms with E-state index in [2.05, 4.69) is 19.1 Å². The van der Waals surface area contributed by atoms with E-state index in [1.165, 1.54) is 5.56 Å². The quantitative estimate of drug-likeness (QED) is 0.465. The van der Waals surface area contributed by atoms with Gasteiger partial charge in [-0.2, -0.15) is 8.42 Å². The van der Waals surface area contributed by atoms with Gasteiger partial charge in [-0.15, -0.1) is 0 Å². The van der Waals surface area contributed by atoms with Crippen LogP contribution in [0.4, 0.5) is 0 Å². The summed E-state index contributed by atoms with van der Waals surface area (Å²) in [5.74, 6) is -0.152. The molecule has 16 heavy (non-hydrogen) atoms. The molecule has 1 aromatic rings. The van der Waals surface area contributed by atoms with E-state index < -0.39 is 10.1 Å². The minimum atomic E-state index is -3.80. The third kappa shape index (κ3) is 5.23. The van der Waals surface area contributed by atoms with Gasteiger partial charge < -0.3 is 0 Å². The van der Waals surface area contributed by atoms with Gasteiger partial charge in [0.2, 0.25) is 0 Å². The molecule has 0 spiro atoms. The van der Waals surface area contributed by atoms with Crippen LogP contribution in [0, 0.1) is 0 Å². The summed E-state index contributed by atoms with van der Waals surface area (Å²) in [5, 5.41) is 0. The molecule has 1 heterocycles. The topological polar surface area (TPSA) is 58.2 Å². The second kappa shape index (κ2) is 5.96. The third-order valence-corrected chi connectivity index (χ3v) is 3.24. The zero-order chi connectivity index (χ0) is 12.0. The SMILES string of the molecule is CCc1cc[n+](CCCCS(=O)(=O)O)cc1. The third-order valence-electron chi connectivity index (χ3n) is 2.44. The number of pyridine rings is 1. The van der Waals surface area contributed by atoms with E-state index in [1.54, 1.807) is 0 Å². The summed E-state index contributed by atoms with van der Waals surface area (Å²) >= 11 is 0. The van der Waals surface area contributed by atoms with E-state index in [4.69, 9.17) is 4.55 Å². The van der Waals surface area contributed by atoms with E-state index in [1.807, 2.05) is 17.0 Å². The fourth-order valence-electron chi connectivity index (χ4n) is 1.45. The molecule has 0 aliphatic rings. The summed E-state index contributed by atoms with van der Waals surface area (Å²) < 4.78 is 31.5. The van der Waals surface area contributed by atoms with Crippen LogP contribution in [-0.2, 0) is 23.1 Å². The van der Waals surface area contributed by atoms with Crippen molar-refractivity contribution in [3.63, 3.8) is 0 Å². The number of unbranched alkanes of at least 4 members (excludes halogenated alkanes) is 1. The Hall–Kier alpha value is -0.940. The van der Waals surface area contributed by atoms with Crippen LogP contribution in [0.1, 0.15) is 25.3 Å². The number of nitrogens with zero attached hydrogens (tertiary/aromatic N) is 1. The minimum absolute atomic E-state index is 0.152. The van der Waals surface area contributed by atoms with Gasteiger partial charge in [0.1, 0.15) is 6.54 Å². The molecular formula is C11H18NO3S+. The molecule has 0 saturated heterocycles. The van der Waals surface area contributed by atoms with Crippen LogP contribution in [0.15, 0.2) is 24.5 Å². The van der Waals surface area contributed by atoms with Crippen LogP contribution in [-0.4, -0.2) is 18.7 Å². The Morgan fingerprint density at radius 2 is 1.88 bits per heavy atom. The van der Waals surface area contributed by atoms with Crippen LogP contribution in [0.25, 0.3) is 0 Å². The average Bonchev–Trinajstić information content (AvgIpc) is 2.24. The Morgan fingerprint density at radius 1 is 1.25 bits per heavy atom. The molecule has 0 unspecified atom stereocenters. The molecule has 0 radical (unpaired) electrons. The number of hydrogen-bond donors (Lipinski definition) is 1. The van der Waals surface area contributed by atoms with Crippen molar-refractivity contribution in [1.29, 1.82) is 0 Å². The lowest BCUT2D eigenvalue weighted by atomic mass is 10.2. The van der Waals surface area contributed by atoms with Gasteiger partial charge in [-0.3, -0.25) is 4.55 Å². The molecule has 5 heteroatoms. The first-order chi connectivity index (χ1) is 7.51. The lowest BCUT2D eigenvalue weighted by Gasteiger charge is -1.98. The highest BCUT2D eigenvalue weighted by molar-refractivity contribution is 7.85. The molecule has 0 aliphatic carbocycles. The average molecular weight is 244 g/mol. The van der Waals surface area contributed by atoms with Crippen LogP contribution >= 0.6 is 0 Å². The summed E-state index contributed by atoms with van der Waals surface area (Å²) in [7, 11) is -3.80. The lowest BCUT2D eigenvalue weighted by Crippen LogP contribution is -2.32. The van der Waals surface area contributed by atoms with Crippen molar-refractivity contribution >= 4 is 10.1 Å². The molecular weight excluding hydrogens is 226 g/mol. The first-order valence-corrected chi connectivity index (χ1v) is 7.05. The second-order valence-corrected chi connectivity index (χ2v) is 5.36. The molecule has 0 aliphatic heterocycles. The zero-order valence-electron chi connectivity index (χ0n) is 9.46. The van der Waals surface area contributed by atoms with Gasteiger partial charge in [-0.25, -0.2) is 4.57 Å². The highest BCUT2D eigenvalue weighted by atomic mass is 32.2. The van der Waals surface area contributed by atoms with Crippen LogP contribution in [0.3, 0.4) is 0 Å². The van der Waals surface area contributed by atoms with Crippen molar-refractivity contribution < 1.29 is 17.5 Å². The van der Waals surface area contributed by atoms with Crippen molar-refractivity contribution in [3.8, 4) is 0 Å². The van der Waals surface area contributed by atoms with E-state index in [9.17, 15) is 8.42 Å². The van der Waals surface area contributed by atoms with Crippen molar-refractivity contribution in [1.82, 2.24) is 0 Å². The summed E-state index contributed by atoms with van der Waals surface area (Å²) in [5.41, 5.74) is 1.29. The van der Waals surface area contributed by atoms with Crippen LogP contribution in [0.5, 0.6) is 0 Å². The Balaban J connectivity index is 2.32. The van der Waals surface area contributed by atoms with Crippen molar-refractivity contribution in [2.45, 2.75) is 32.7 Å². The van der Waals surface area contributed by atoms with E-state index in [0.717, 1.165) is 19.4 Å². The van der Waals surface area contributed by atoms with E-state index >= 15 is 0 Å². The Kier molecular flexibility index (Phi) is 4.89. The highest BCUT2D eigenvalue weighted by Crippen LogP contribution is 1.97. The molecule has 90 valence electrons. The molecule has 1 aromatic heterocycles. The Labute approximate surface area is 96.7 Å². The number of aromatic nitrogens is 1. The molecule has 0 saturated carbocycles. The fourth-order valence-corrected chi connectivity index (χ4v) is 2.02. The molecule has 0 aromatic carbocycles. The van der Waals surface area contributed by atoms with Gasteiger partial charge in [-0.1, -0.05) is 6.92 Å². The molecule has 4 nitrogen and oxygen atoms in total. The van der Waals surface area contributed by atoms with Gasteiger partial charge in [0.05, 0.1) is 5.75 Å². The van der Waals surface area contributed by atoms with Gasteiger partial charge in [0.25, 0.3) is 10.1 Å². The second-order valence-electron chi connectivity index (χ2n) is 3.79. The van der Waals surface area contributed by atoms with Gasteiger partial charge in [-0.05, 0) is 18.4 Å². The predicted octanol–water partition coefficient (Wildman–Crippen LogP) is 1.20. The Bertz CT molecular complexity index is 411. The molecule has 0 bridgehead atoms. The summed E-state index contributed by atoms with van der Waals surface area (Å²) in [4.78, 5) is 0. The van der Waals surface area contributed by atoms with Crippen LogP contribution < -0.4 is 4.57 Å². The fraction of sp³-hybridized carbons (Fsp3) is 0.545. The van der Waals surface area contributed by atoms with Crippen molar-refractivity contribution in [3.05, 3.63) is 30.1 Å². The first-order valence-electron chi connectivity index (χ1n) is 5.44. The highest BCUT2D eigenvalue weighted by Gasteiger charge is 2.05. The molecule has 1 N–H and O–H groups in total. The largest absolute Gasteiger partial charge is 0.286 e. The number of rotatable bonds is 6. The summed E-state index contributed by atoms with van der Waals surface area (Å²) in [6.45, 7) is 2.88. The van der Waals surface area contributed by atoms with E-state index in [-0.39, 0.29) is 5.75 Å².